The molecule has 96 heavy (non-hydrogen) atoms. The highest BCUT2D eigenvalue weighted by molar-refractivity contribution is 7.47. The van der Waals surface area contributed by atoms with Gasteiger partial charge in [0, 0.05) is 25.7 Å². The number of hydrogen-bond acceptors (Lipinski definition) is 15. The van der Waals surface area contributed by atoms with Crippen LogP contribution in [0.15, 0.2) is 0 Å². The number of unbranched alkanes of at least 4 members (excludes halogenated alkanes) is 52. The number of esters is 4. The topological polar surface area (TPSA) is 237 Å². The van der Waals surface area contributed by atoms with Gasteiger partial charge in [0.05, 0.1) is 26.4 Å². The second kappa shape index (κ2) is 71.5. The number of hydrogen-bond donors (Lipinski definition) is 3. The van der Waals surface area contributed by atoms with Crippen molar-refractivity contribution in [1.82, 2.24) is 0 Å². The van der Waals surface area contributed by atoms with Gasteiger partial charge >= 0.3 is 39.5 Å². The lowest BCUT2D eigenvalue weighted by molar-refractivity contribution is -0.161. The smallest absolute Gasteiger partial charge is 0.462 e. The molecule has 0 amide bonds. The monoisotopic (exact) mass is 1410 g/mol. The first-order valence-electron chi connectivity index (χ1n) is 40.3. The van der Waals surface area contributed by atoms with Crippen LogP contribution < -0.4 is 0 Å². The molecule has 0 spiro atoms. The largest absolute Gasteiger partial charge is 0.472 e. The van der Waals surface area contributed by atoms with Crippen LogP contribution in [0.2, 0.25) is 0 Å². The van der Waals surface area contributed by atoms with Gasteiger partial charge in [-0.15, -0.1) is 0 Å². The average molecular weight is 1410 g/mol. The molecule has 570 valence electrons. The van der Waals surface area contributed by atoms with Crippen LogP contribution in [0.3, 0.4) is 0 Å². The fourth-order valence-electron chi connectivity index (χ4n) is 11.9. The quantitative estimate of drug-likeness (QED) is 0.0222. The molecule has 2 unspecified atom stereocenters. The maximum atomic E-state index is 13.1. The van der Waals surface area contributed by atoms with E-state index in [1.54, 1.807) is 0 Å². The van der Waals surface area contributed by atoms with Gasteiger partial charge in [-0.05, 0) is 25.7 Å². The fraction of sp³-hybridized carbons (Fsp3) is 0.948. The van der Waals surface area contributed by atoms with Crippen LogP contribution in [0.1, 0.15) is 413 Å². The van der Waals surface area contributed by atoms with Crippen molar-refractivity contribution in [2.45, 2.75) is 431 Å². The van der Waals surface area contributed by atoms with Gasteiger partial charge in [-0.25, -0.2) is 9.13 Å². The van der Waals surface area contributed by atoms with Crippen molar-refractivity contribution in [2.75, 3.05) is 39.6 Å². The van der Waals surface area contributed by atoms with E-state index in [1.165, 1.54) is 244 Å². The summed E-state index contributed by atoms with van der Waals surface area (Å²) in [6.07, 6.45) is 62.1. The van der Waals surface area contributed by atoms with E-state index >= 15 is 0 Å². The molecule has 0 rings (SSSR count). The van der Waals surface area contributed by atoms with Crippen LogP contribution in [-0.2, 0) is 65.4 Å². The van der Waals surface area contributed by atoms with Crippen LogP contribution >= 0.6 is 15.6 Å². The Balaban J connectivity index is 5.26. The molecule has 0 bridgehead atoms. The summed E-state index contributed by atoms with van der Waals surface area (Å²) in [6, 6.07) is 0. The van der Waals surface area contributed by atoms with Crippen LogP contribution in [-0.4, -0.2) is 96.7 Å². The average Bonchev–Trinajstić information content (AvgIpc) is 1.29. The number of aliphatic hydroxyl groups is 1. The van der Waals surface area contributed by atoms with Gasteiger partial charge in [-0.1, -0.05) is 362 Å². The zero-order valence-corrected chi connectivity index (χ0v) is 64.1. The predicted octanol–water partition coefficient (Wildman–Crippen LogP) is 23.0. The summed E-state index contributed by atoms with van der Waals surface area (Å²) in [5, 5.41) is 10.6. The van der Waals surface area contributed by atoms with Crippen molar-refractivity contribution in [3.8, 4) is 0 Å². The van der Waals surface area contributed by atoms with Crippen molar-refractivity contribution < 1.29 is 80.2 Å². The molecule has 0 aliphatic heterocycles. The first kappa shape index (κ1) is 94.1. The maximum absolute atomic E-state index is 13.1. The number of phosphoric ester groups is 2. The molecule has 17 nitrogen and oxygen atoms in total. The van der Waals surface area contributed by atoms with Crippen LogP contribution in [0.5, 0.6) is 0 Å². The standard InChI is InChI=1S/C77H150O17P2/c1-5-9-13-17-21-25-29-33-35-36-40-44-48-52-56-60-64-77(82)94-73(68-88-75(80)62-58-54-50-46-42-39-34-30-26-22-18-14-10-6-2)70-92-96(85,86)90-66-71(78)65-89-95(83,84)91-69-72(93-76(81)63-59-55-51-47-43-38-32-28-24-20-16-12-8-4)67-87-74(79)61-57-53-49-45-41-37-31-27-23-19-15-11-7-3/h71-73,78H,5-70H2,1-4H3,(H,83,84)(H,85,86)/t71-,72+,73+/m0/s1. The Morgan fingerprint density at radius 2 is 0.417 bits per heavy atom. The third-order valence-electron chi connectivity index (χ3n) is 18.1. The van der Waals surface area contributed by atoms with Crippen LogP contribution in [0.4, 0.5) is 0 Å². The van der Waals surface area contributed by atoms with Gasteiger partial charge < -0.3 is 33.8 Å². The molecule has 0 aromatic heterocycles. The molecule has 0 aromatic carbocycles. The molecule has 5 atom stereocenters. The van der Waals surface area contributed by atoms with E-state index in [2.05, 4.69) is 27.7 Å². The van der Waals surface area contributed by atoms with E-state index in [4.69, 9.17) is 37.0 Å². The highest BCUT2D eigenvalue weighted by atomic mass is 31.2. The minimum Gasteiger partial charge on any atom is -0.462 e. The normalized spacial score (nSPS) is 13.9. The molecule has 0 radical (unpaired) electrons. The van der Waals surface area contributed by atoms with Gasteiger partial charge in [-0.2, -0.15) is 0 Å². The molecule has 0 aliphatic rings. The number of carbonyl (C=O) groups excluding carboxylic acids is 4. The summed E-state index contributed by atoms with van der Waals surface area (Å²) in [6.45, 7) is 5.01. The molecular formula is C77H150O17P2. The fourth-order valence-corrected chi connectivity index (χ4v) is 13.5. The third kappa shape index (κ3) is 70.5. The lowest BCUT2D eigenvalue weighted by atomic mass is 10.0. The highest BCUT2D eigenvalue weighted by Crippen LogP contribution is 2.45. The summed E-state index contributed by atoms with van der Waals surface area (Å²) in [5.41, 5.74) is 0. The first-order chi connectivity index (χ1) is 46.7. The minimum atomic E-state index is -4.96. The van der Waals surface area contributed by atoms with E-state index in [1.807, 2.05) is 0 Å². The Hall–Kier alpha value is -1.94. The van der Waals surface area contributed by atoms with Crippen LogP contribution in [0, 0.1) is 0 Å². The SMILES string of the molecule is CCCCCCCCCCCCCCCCCCC(=O)O[C@H](COC(=O)CCCCCCCCCCCCCCCC)COP(=O)(O)OC[C@@H](O)COP(=O)(O)OC[C@@H](COC(=O)CCCCCCCCCCCCCCC)OC(=O)CCCCCCCCCCCCCCC. The number of carbonyl (C=O) groups is 4. The van der Waals surface area contributed by atoms with Crippen molar-refractivity contribution >= 4 is 39.5 Å². The summed E-state index contributed by atoms with van der Waals surface area (Å²) >= 11 is 0. The lowest BCUT2D eigenvalue weighted by Gasteiger charge is -2.21. The zero-order chi connectivity index (χ0) is 70.4. The maximum Gasteiger partial charge on any atom is 0.472 e. The van der Waals surface area contributed by atoms with Gasteiger partial charge in [0.25, 0.3) is 0 Å². The van der Waals surface area contributed by atoms with Gasteiger partial charge in [0.15, 0.2) is 12.2 Å². The Morgan fingerprint density at radius 1 is 0.250 bits per heavy atom. The molecule has 3 N–H and O–H groups in total. The highest BCUT2D eigenvalue weighted by Gasteiger charge is 2.30. The van der Waals surface area contributed by atoms with Gasteiger partial charge in [0.2, 0.25) is 0 Å². The Bertz CT molecular complexity index is 1830. The Labute approximate surface area is 588 Å². The molecule has 0 heterocycles. The summed E-state index contributed by atoms with van der Waals surface area (Å²) < 4.78 is 68.6. The van der Waals surface area contributed by atoms with Gasteiger partial charge in [-0.3, -0.25) is 37.3 Å². The Kier molecular flexibility index (Phi) is 70.0. The molecule has 0 saturated carbocycles. The first-order valence-corrected chi connectivity index (χ1v) is 43.3. The van der Waals surface area contributed by atoms with Crippen molar-refractivity contribution in [3.63, 3.8) is 0 Å². The molecule has 0 fully saturated rings. The van der Waals surface area contributed by atoms with E-state index in [9.17, 15) is 43.2 Å². The van der Waals surface area contributed by atoms with Crippen molar-refractivity contribution in [1.29, 1.82) is 0 Å². The van der Waals surface area contributed by atoms with E-state index in [0.29, 0.717) is 25.7 Å². The minimum absolute atomic E-state index is 0.109. The summed E-state index contributed by atoms with van der Waals surface area (Å²) in [5.74, 6) is -2.11. The van der Waals surface area contributed by atoms with E-state index in [-0.39, 0.29) is 25.7 Å². The molecule has 0 aliphatic carbocycles. The van der Waals surface area contributed by atoms with Crippen LogP contribution in [0.25, 0.3) is 0 Å². The Morgan fingerprint density at radius 3 is 0.615 bits per heavy atom. The van der Waals surface area contributed by atoms with Crippen molar-refractivity contribution in [2.24, 2.45) is 0 Å². The van der Waals surface area contributed by atoms with E-state index in [0.717, 1.165) is 89.9 Å². The zero-order valence-electron chi connectivity index (χ0n) is 62.4. The predicted molar refractivity (Wildman–Crippen MR) is 391 cm³/mol. The molecule has 0 aromatic rings. The van der Waals surface area contributed by atoms with Crippen molar-refractivity contribution in [3.05, 3.63) is 0 Å². The molecule has 19 heteroatoms. The molecular weight excluding hydrogens is 1260 g/mol. The van der Waals surface area contributed by atoms with Gasteiger partial charge in [0.1, 0.15) is 19.3 Å². The lowest BCUT2D eigenvalue weighted by Crippen LogP contribution is -2.30. The third-order valence-corrected chi connectivity index (χ3v) is 20.0. The number of aliphatic hydroxyl groups excluding tert-OH is 1. The number of rotatable bonds is 78. The number of ether oxygens (including phenoxy) is 4. The second-order valence-corrected chi connectivity index (χ2v) is 30.7. The molecule has 0 saturated heterocycles. The van der Waals surface area contributed by atoms with E-state index < -0.39 is 97.5 Å². The second-order valence-electron chi connectivity index (χ2n) is 27.7. The summed E-state index contributed by atoms with van der Waals surface area (Å²) in [4.78, 5) is 72.9. The summed E-state index contributed by atoms with van der Waals surface area (Å²) in [7, 11) is -9.91. The number of phosphoric acid groups is 2.